The normalized spacial score (nSPS) is 11.0. The summed E-state index contributed by atoms with van der Waals surface area (Å²) < 4.78 is 18.9. The van der Waals surface area contributed by atoms with Crippen LogP contribution in [0.5, 0.6) is 17.2 Å². The molecule has 4 rings (SSSR count). The average Bonchev–Trinajstić information content (AvgIpc) is 3.39. The highest BCUT2D eigenvalue weighted by molar-refractivity contribution is 7.19. The summed E-state index contributed by atoms with van der Waals surface area (Å²) in [4.78, 5) is 14.0. The third kappa shape index (κ3) is 4.54. The first kappa shape index (κ1) is 23.5. The Hall–Kier alpha value is -3.66. The van der Waals surface area contributed by atoms with Crippen molar-refractivity contribution in [3.63, 3.8) is 0 Å². The van der Waals surface area contributed by atoms with Crippen LogP contribution >= 0.6 is 11.3 Å². The Morgan fingerprint density at radius 3 is 2.29 bits per heavy atom. The van der Waals surface area contributed by atoms with Crippen molar-refractivity contribution in [2.75, 3.05) is 25.1 Å². The second-order valence-corrected chi connectivity index (χ2v) is 8.34. The number of carbonyl (C=O) groups is 1. The van der Waals surface area contributed by atoms with Crippen LogP contribution < -0.4 is 19.5 Å². The molecule has 178 valence electrons. The van der Waals surface area contributed by atoms with E-state index < -0.39 is 0 Å². The molecule has 0 spiro atoms. The van der Waals surface area contributed by atoms with E-state index in [1.54, 1.807) is 16.6 Å². The molecule has 4 aromatic rings. The van der Waals surface area contributed by atoms with E-state index in [2.05, 4.69) is 20.6 Å². The van der Waals surface area contributed by atoms with Crippen LogP contribution in [0.15, 0.2) is 30.3 Å². The first-order valence-electron chi connectivity index (χ1n) is 11.1. The van der Waals surface area contributed by atoms with Gasteiger partial charge in [-0.1, -0.05) is 23.5 Å². The van der Waals surface area contributed by atoms with Crippen LogP contribution in [0, 0.1) is 13.8 Å². The molecule has 0 aliphatic carbocycles. The van der Waals surface area contributed by atoms with Gasteiger partial charge in [-0.05, 0) is 58.4 Å². The summed E-state index contributed by atoms with van der Waals surface area (Å²) in [6, 6.07) is 9.09. The van der Waals surface area contributed by atoms with Crippen LogP contribution in [0.2, 0.25) is 0 Å². The highest BCUT2D eigenvalue weighted by Crippen LogP contribution is 2.39. The molecule has 2 aromatic heterocycles. The molecule has 2 aromatic carbocycles. The smallest absolute Gasteiger partial charge is 0.255 e. The van der Waals surface area contributed by atoms with Crippen LogP contribution in [0.4, 0.5) is 5.69 Å². The van der Waals surface area contributed by atoms with Crippen molar-refractivity contribution in [3.8, 4) is 27.8 Å². The van der Waals surface area contributed by atoms with Crippen LogP contribution in [0.3, 0.4) is 0 Å². The van der Waals surface area contributed by atoms with E-state index >= 15 is 0 Å². The minimum atomic E-state index is -0.279. The molecule has 9 nitrogen and oxygen atoms in total. The highest BCUT2D eigenvalue weighted by atomic mass is 32.1. The number of ether oxygens (including phenoxy) is 3. The maximum Gasteiger partial charge on any atom is 0.255 e. The molecule has 0 radical (unpaired) electrons. The summed E-state index contributed by atoms with van der Waals surface area (Å²) in [5, 5.41) is 16.6. The Balaban J connectivity index is 1.66. The Morgan fingerprint density at radius 1 is 1.00 bits per heavy atom. The molecule has 34 heavy (non-hydrogen) atoms. The monoisotopic (exact) mass is 481 g/mol. The van der Waals surface area contributed by atoms with Crippen LogP contribution in [0.25, 0.3) is 15.5 Å². The van der Waals surface area contributed by atoms with E-state index in [0.29, 0.717) is 48.3 Å². The third-order valence-electron chi connectivity index (χ3n) is 5.13. The second kappa shape index (κ2) is 10.1. The van der Waals surface area contributed by atoms with E-state index in [1.807, 2.05) is 52.8 Å². The number of hydrogen-bond donors (Lipinski definition) is 1. The molecule has 1 amide bonds. The van der Waals surface area contributed by atoms with Gasteiger partial charge in [-0.15, -0.1) is 10.2 Å². The van der Waals surface area contributed by atoms with Gasteiger partial charge in [0, 0.05) is 16.8 Å². The summed E-state index contributed by atoms with van der Waals surface area (Å²) >= 11 is 1.45. The summed E-state index contributed by atoms with van der Waals surface area (Å²) in [6.45, 7) is 10.8. The first-order valence-corrected chi connectivity index (χ1v) is 11.9. The van der Waals surface area contributed by atoms with E-state index in [-0.39, 0.29) is 5.91 Å². The molecular formula is C24H27N5O4S. The SMILES string of the molecule is CCOc1cc(C(=O)Nc2cccc(-c3nn4c(C)nnc4s3)c2C)cc(OCC)c1OCC. The predicted octanol–water partition coefficient (Wildman–Crippen LogP) is 4.92. The minimum absolute atomic E-state index is 0.279. The maximum atomic E-state index is 13.2. The number of nitrogens with one attached hydrogen (secondary N) is 1. The van der Waals surface area contributed by atoms with Gasteiger partial charge in [-0.3, -0.25) is 4.79 Å². The predicted molar refractivity (Wildman–Crippen MR) is 131 cm³/mol. The number of nitrogens with zero attached hydrogens (tertiary/aromatic N) is 4. The van der Waals surface area contributed by atoms with E-state index in [1.165, 1.54) is 11.3 Å². The second-order valence-electron chi connectivity index (χ2n) is 7.38. The number of fused-ring (bicyclic) bond motifs is 1. The quantitative estimate of drug-likeness (QED) is 0.362. The summed E-state index contributed by atoms with van der Waals surface area (Å²) in [7, 11) is 0. The van der Waals surface area contributed by atoms with Crippen molar-refractivity contribution in [2.24, 2.45) is 0 Å². The Morgan fingerprint density at radius 2 is 1.68 bits per heavy atom. The summed E-state index contributed by atoms with van der Waals surface area (Å²) in [6.07, 6.45) is 0. The van der Waals surface area contributed by atoms with Crippen molar-refractivity contribution in [2.45, 2.75) is 34.6 Å². The van der Waals surface area contributed by atoms with Crippen molar-refractivity contribution in [3.05, 3.63) is 47.3 Å². The lowest BCUT2D eigenvalue weighted by Crippen LogP contribution is -2.14. The zero-order chi connectivity index (χ0) is 24.2. The molecule has 0 aliphatic heterocycles. The zero-order valence-corrected chi connectivity index (χ0v) is 20.7. The van der Waals surface area contributed by atoms with Crippen LogP contribution in [0.1, 0.15) is 42.5 Å². The van der Waals surface area contributed by atoms with Gasteiger partial charge in [0.05, 0.1) is 19.8 Å². The van der Waals surface area contributed by atoms with Gasteiger partial charge in [-0.25, -0.2) is 0 Å². The topological polar surface area (TPSA) is 99.9 Å². The zero-order valence-electron chi connectivity index (χ0n) is 19.8. The Labute approximate surface area is 201 Å². The number of aromatic nitrogens is 4. The lowest BCUT2D eigenvalue weighted by atomic mass is 10.1. The molecule has 0 bridgehead atoms. The number of amides is 1. The van der Waals surface area contributed by atoms with Crippen molar-refractivity contribution < 1.29 is 19.0 Å². The van der Waals surface area contributed by atoms with Crippen LogP contribution in [-0.2, 0) is 0 Å². The molecule has 0 saturated heterocycles. The van der Waals surface area contributed by atoms with Gasteiger partial charge < -0.3 is 19.5 Å². The highest BCUT2D eigenvalue weighted by Gasteiger charge is 2.20. The molecule has 0 saturated carbocycles. The van der Waals surface area contributed by atoms with E-state index in [4.69, 9.17) is 14.2 Å². The number of rotatable bonds is 9. The lowest BCUT2D eigenvalue weighted by molar-refractivity contribution is 0.102. The Kier molecular flexibility index (Phi) is 6.97. The average molecular weight is 482 g/mol. The largest absolute Gasteiger partial charge is 0.490 e. The van der Waals surface area contributed by atoms with E-state index in [0.717, 1.165) is 26.9 Å². The fraction of sp³-hybridized carbons (Fsp3) is 0.333. The molecule has 10 heteroatoms. The molecular weight excluding hydrogens is 454 g/mol. The van der Waals surface area contributed by atoms with Gasteiger partial charge in [0.25, 0.3) is 5.91 Å². The lowest BCUT2D eigenvalue weighted by Gasteiger charge is -2.17. The fourth-order valence-electron chi connectivity index (χ4n) is 3.54. The maximum absolute atomic E-state index is 13.2. The van der Waals surface area contributed by atoms with Gasteiger partial charge in [0.15, 0.2) is 17.3 Å². The number of benzene rings is 2. The molecule has 0 unspecified atom stereocenters. The minimum Gasteiger partial charge on any atom is -0.490 e. The summed E-state index contributed by atoms with van der Waals surface area (Å²) in [5.41, 5.74) is 2.92. The van der Waals surface area contributed by atoms with Gasteiger partial charge in [0.1, 0.15) is 5.01 Å². The third-order valence-corrected chi connectivity index (χ3v) is 6.06. The molecule has 0 atom stereocenters. The van der Waals surface area contributed by atoms with Gasteiger partial charge in [-0.2, -0.15) is 9.61 Å². The van der Waals surface area contributed by atoms with E-state index in [9.17, 15) is 4.79 Å². The molecule has 0 aliphatic rings. The fourth-order valence-corrected chi connectivity index (χ4v) is 4.51. The molecule has 0 fully saturated rings. The van der Waals surface area contributed by atoms with Gasteiger partial charge in [0.2, 0.25) is 10.7 Å². The van der Waals surface area contributed by atoms with Crippen molar-refractivity contribution >= 4 is 27.9 Å². The number of aryl methyl sites for hydroxylation is 1. The van der Waals surface area contributed by atoms with Crippen molar-refractivity contribution in [1.82, 2.24) is 19.8 Å². The van der Waals surface area contributed by atoms with Crippen molar-refractivity contribution in [1.29, 1.82) is 0 Å². The Bertz CT molecular complexity index is 1300. The number of hydrogen-bond acceptors (Lipinski definition) is 8. The molecule has 2 heterocycles. The van der Waals surface area contributed by atoms with Crippen LogP contribution in [-0.4, -0.2) is 45.5 Å². The number of anilines is 1. The van der Waals surface area contributed by atoms with Gasteiger partial charge >= 0.3 is 0 Å². The molecule has 1 N–H and O–H groups in total. The number of carbonyl (C=O) groups excluding carboxylic acids is 1. The standard InChI is InChI=1S/C24H27N5O4S/c1-6-31-19-12-16(13-20(32-7-2)21(19)33-8-3)22(30)25-18-11-9-10-17(14(18)4)23-28-29-15(5)26-27-24(29)34-23/h9-13H,6-8H2,1-5H3,(H,25,30). The summed E-state index contributed by atoms with van der Waals surface area (Å²) in [5.74, 6) is 1.89. The first-order chi connectivity index (χ1) is 16.5.